The predicted molar refractivity (Wildman–Crippen MR) is 165 cm³/mol. The fourth-order valence-corrected chi connectivity index (χ4v) is 7.28. The molecule has 2 aliphatic carbocycles. The van der Waals surface area contributed by atoms with Crippen molar-refractivity contribution in [3.05, 3.63) is 23.8 Å². The second kappa shape index (κ2) is 18.1. The molecular formula is C33H54O10S. The quantitative estimate of drug-likeness (QED) is 0.0843. The lowest BCUT2D eigenvalue weighted by Crippen LogP contribution is -2.31. The van der Waals surface area contributed by atoms with Crippen molar-refractivity contribution in [2.24, 2.45) is 23.7 Å². The number of carbonyl (C=O) groups excluding carboxylic acids is 1. The van der Waals surface area contributed by atoms with Gasteiger partial charge in [0.05, 0.1) is 38.8 Å². The lowest BCUT2D eigenvalue weighted by Gasteiger charge is -2.30. The lowest BCUT2D eigenvalue weighted by atomic mass is 9.87. The summed E-state index contributed by atoms with van der Waals surface area (Å²) in [5.41, 5.74) is 1.10. The van der Waals surface area contributed by atoms with Gasteiger partial charge in [0.1, 0.15) is 6.61 Å². The Bertz CT molecular complexity index is 1030. The number of hydrogen-bond acceptors (Lipinski definition) is 10. The lowest BCUT2D eigenvalue weighted by molar-refractivity contribution is -0.193. The van der Waals surface area contributed by atoms with Crippen LogP contribution in [0.5, 0.6) is 0 Å². The van der Waals surface area contributed by atoms with E-state index in [2.05, 4.69) is 29.9 Å². The van der Waals surface area contributed by atoms with E-state index >= 15 is 0 Å². The number of esters is 1. The Balaban J connectivity index is 1.49. The predicted octanol–water partition coefficient (Wildman–Crippen LogP) is 5.31. The van der Waals surface area contributed by atoms with E-state index in [0.29, 0.717) is 5.92 Å². The van der Waals surface area contributed by atoms with E-state index in [1.165, 1.54) is 13.5 Å². The average molecular weight is 643 g/mol. The Labute approximate surface area is 264 Å². The molecule has 10 nitrogen and oxygen atoms in total. The molecule has 11 heteroatoms. The molecule has 3 fully saturated rings. The van der Waals surface area contributed by atoms with Crippen molar-refractivity contribution in [2.75, 3.05) is 46.4 Å². The summed E-state index contributed by atoms with van der Waals surface area (Å²) in [7, 11) is -2.33. The number of unbranched alkanes of at least 4 members (excludes halogenated alkanes) is 2. The van der Waals surface area contributed by atoms with E-state index in [1.807, 2.05) is 0 Å². The van der Waals surface area contributed by atoms with Crippen molar-refractivity contribution in [2.45, 2.75) is 109 Å². The summed E-state index contributed by atoms with van der Waals surface area (Å²) in [5.74, 6) is -0.0563. The number of rotatable bonds is 18. The third kappa shape index (κ3) is 11.5. The minimum absolute atomic E-state index is 0.0191. The Morgan fingerprint density at radius 3 is 2.48 bits per heavy atom. The Kier molecular flexibility index (Phi) is 14.6. The molecule has 2 heterocycles. The van der Waals surface area contributed by atoms with Crippen LogP contribution in [0.3, 0.4) is 0 Å². The fourth-order valence-electron chi connectivity index (χ4n) is 6.87. The Morgan fingerprint density at radius 1 is 1.07 bits per heavy atom. The summed E-state index contributed by atoms with van der Waals surface area (Å²) in [6.07, 6.45) is 19.8. The maximum absolute atomic E-state index is 11.8. The zero-order valence-electron chi connectivity index (χ0n) is 26.9. The minimum Gasteiger partial charge on any atom is -0.467 e. The first kappa shape index (κ1) is 35.5. The van der Waals surface area contributed by atoms with E-state index in [-0.39, 0.29) is 62.4 Å². The molecule has 8 atom stereocenters. The van der Waals surface area contributed by atoms with E-state index in [1.54, 1.807) is 0 Å². The third-order valence-electron chi connectivity index (χ3n) is 9.22. The molecule has 0 aromatic rings. The summed E-state index contributed by atoms with van der Waals surface area (Å²) in [6.45, 7) is 3.64. The second-order valence-electron chi connectivity index (χ2n) is 12.7. The van der Waals surface area contributed by atoms with Crippen LogP contribution in [0.25, 0.3) is 0 Å². The molecule has 0 N–H and O–H groups in total. The van der Waals surface area contributed by atoms with Gasteiger partial charge in [-0.2, -0.15) is 8.42 Å². The summed E-state index contributed by atoms with van der Waals surface area (Å²) >= 11 is 0. The molecule has 2 aliphatic heterocycles. The average Bonchev–Trinajstić information content (AvgIpc) is 3.55. The number of methoxy groups -OCH3 is 1. The molecule has 3 unspecified atom stereocenters. The van der Waals surface area contributed by atoms with Crippen molar-refractivity contribution < 1.29 is 45.8 Å². The van der Waals surface area contributed by atoms with E-state index in [4.69, 9.17) is 27.9 Å². The first-order chi connectivity index (χ1) is 21.3. The maximum atomic E-state index is 11.8. The van der Waals surface area contributed by atoms with Crippen LogP contribution in [0.2, 0.25) is 0 Å². The van der Waals surface area contributed by atoms with E-state index in [9.17, 15) is 13.2 Å². The molecule has 0 amide bonds. The molecule has 0 aromatic carbocycles. The van der Waals surface area contributed by atoms with Gasteiger partial charge in [-0.3, -0.25) is 4.18 Å². The molecule has 44 heavy (non-hydrogen) atoms. The van der Waals surface area contributed by atoms with Crippen molar-refractivity contribution in [3.63, 3.8) is 0 Å². The van der Waals surface area contributed by atoms with Crippen molar-refractivity contribution >= 4 is 16.1 Å². The topological polar surface area (TPSA) is 116 Å². The van der Waals surface area contributed by atoms with Crippen LogP contribution in [0.1, 0.15) is 84.0 Å². The molecule has 0 radical (unpaired) electrons. The number of allylic oxidation sites excluding steroid dienone is 1. The zero-order valence-corrected chi connectivity index (χ0v) is 27.7. The van der Waals surface area contributed by atoms with Gasteiger partial charge in [-0.1, -0.05) is 50.0 Å². The Morgan fingerprint density at radius 2 is 1.82 bits per heavy atom. The number of hydrogen-bond donors (Lipinski definition) is 0. The second-order valence-corrected chi connectivity index (χ2v) is 14.3. The first-order valence-corrected chi connectivity index (χ1v) is 18.5. The van der Waals surface area contributed by atoms with Gasteiger partial charge in [0.25, 0.3) is 10.1 Å². The molecule has 0 bridgehead atoms. The number of ether oxygens (including phenoxy) is 6. The van der Waals surface area contributed by atoms with Crippen LogP contribution in [0, 0.1) is 23.7 Å². The summed E-state index contributed by atoms with van der Waals surface area (Å²) in [4.78, 5) is 11.6. The standard InChI is InChI=1S/C33H54O10S/c1-4-5-6-11-27(42-32-12-7-9-16-39-32)14-15-28-29-19-24(18-25(29)20-30(28)43-33-13-8-10-17-40-33)26(22-41-44(3,35)36)21-38-23-31(34)37-2/h14-15,18,25-30,32-33H,4-13,16-17,19-23H2,1-3H3/b15-14+/t25-,26?,27-,28+,29-,30+,32?,33?/m0/s1. The zero-order chi connectivity index (χ0) is 31.4. The van der Waals surface area contributed by atoms with Crippen LogP contribution in [0.15, 0.2) is 23.8 Å². The summed E-state index contributed by atoms with van der Waals surface area (Å²) in [6, 6.07) is 0. The van der Waals surface area contributed by atoms with E-state index < -0.39 is 16.1 Å². The highest BCUT2D eigenvalue weighted by molar-refractivity contribution is 7.85. The highest BCUT2D eigenvalue weighted by Crippen LogP contribution is 2.50. The van der Waals surface area contributed by atoms with Gasteiger partial charge >= 0.3 is 5.97 Å². The molecular weight excluding hydrogens is 588 g/mol. The van der Waals surface area contributed by atoms with Gasteiger partial charge in [-0.15, -0.1) is 0 Å². The smallest absolute Gasteiger partial charge is 0.331 e. The van der Waals surface area contributed by atoms with E-state index in [0.717, 1.165) is 95.7 Å². The van der Waals surface area contributed by atoms with Crippen LogP contribution in [-0.2, 0) is 47.5 Å². The largest absolute Gasteiger partial charge is 0.467 e. The monoisotopic (exact) mass is 642 g/mol. The third-order valence-corrected chi connectivity index (χ3v) is 9.79. The Hall–Kier alpha value is -1.34. The van der Waals surface area contributed by atoms with Crippen molar-refractivity contribution in [1.82, 2.24) is 0 Å². The first-order valence-electron chi connectivity index (χ1n) is 16.7. The molecule has 4 aliphatic rings. The summed E-state index contributed by atoms with van der Waals surface area (Å²) < 4.78 is 64.2. The van der Waals surface area contributed by atoms with Gasteiger partial charge in [0.2, 0.25) is 0 Å². The highest BCUT2D eigenvalue weighted by atomic mass is 32.2. The van der Waals surface area contributed by atoms with Crippen LogP contribution in [0.4, 0.5) is 0 Å². The molecule has 4 rings (SSSR count). The molecule has 252 valence electrons. The van der Waals surface area contributed by atoms with Crippen LogP contribution in [-0.4, -0.2) is 85.6 Å². The summed E-state index contributed by atoms with van der Waals surface area (Å²) in [5, 5.41) is 0. The van der Waals surface area contributed by atoms with Gasteiger partial charge in [0, 0.05) is 25.0 Å². The van der Waals surface area contributed by atoms with Crippen molar-refractivity contribution in [3.8, 4) is 0 Å². The van der Waals surface area contributed by atoms with Crippen LogP contribution < -0.4 is 0 Å². The molecule has 1 saturated carbocycles. The minimum atomic E-state index is -3.63. The molecule has 0 aromatic heterocycles. The van der Waals surface area contributed by atoms with Crippen LogP contribution >= 0.6 is 0 Å². The SMILES string of the molecule is CCCCC[C@@H](/C=C/[C@@H]1[C@H]2CC(C(COCC(=O)OC)COS(C)(=O)=O)=C[C@H]2C[C@H]1OC1CCCCO1)OC1CCCCO1. The van der Waals surface area contributed by atoms with Gasteiger partial charge in [0.15, 0.2) is 12.6 Å². The maximum Gasteiger partial charge on any atom is 0.331 e. The molecule has 2 saturated heterocycles. The van der Waals surface area contributed by atoms with Crippen molar-refractivity contribution in [1.29, 1.82) is 0 Å². The normalized spacial score (nSPS) is 30.7. The molecule has 0 spiro atoms. The van der Waals surface area contributed by atoms with Gasteiger partial charge in [-0.05, 0) is 69.6 Å². The fraction of sp³-hybridized carbons (Fsp3) is 0.848. The number of carbonyl (C=O) groups is 1. The number of fused-ring (bicyclic) bond motifs is 1. The highest BCUT2D eigenvalue weighted by Gasteiger charge is 2.46. The van der Waals surface area contributed by atoms with Gasteiger partial charge in [-0.25, -0.2) is 4.79 Å². The van der Waals surface area contributed by atoms with Gasteiger partial charge < -0.3 is 28.4 Å².